The van der Waals surface area contributed by atoms with Crippen LogP contribution in [0.15, 0.2) is 72.8 Å². The van der Waals surface area contributed by atoms with Crippen molar-refractivity contribution in [1.82, 2.24) is 9.62 Å². The molecule has 0 saturated heterocycles. The largest absolute Gasteiger partial charge is 0.465 e. The van der Waals surface area contributed by atoms with Gasteiger partial charge in [0.2, 0.25) is 10.0 Å². The lowest BCUT2D eigenvalue weighted by molar-refractivity contribution is 0.0971. The minimum Gasteiger partial charge on any atom is -0.465 e. The van der Waals surface area contributed by atoms with Gasteiger partial charge in [-0.2, -0.15) is 0 Å². The number of aliphatic hydroxyl groups is 1. The zero-order valence-corrected chi connectivity index (χ0v) is 22.6. The van der Waals surface area contributed by atoms with Crippen molar-refractivity contribution in [2.24, 2.45) is 5.92 Å². The van der Waals surface area contributed by atoms with Crippen LogP contribution in [0, 0.1) is 5.92 Å². The molecule has 0 aromatic heterocycles. The Balaban J connectivity index is 1.72. The van der Waals surface area contributed by atoms with Crippen LogP contribution in [0.4, 0.5) is 4.79 Å². The first kappa shape index (κ1) is 28.9. The molecule has 0 aliphatic carbocycles. The number of sulfonamides is 1. The maximum atomic E-state index is 12.5. The summed E-state index contributed by atoms with van der Waals surface area (Å²) < 4.78 is 25.1. The van der Waals surface area contributed by atoms with Gasteiger partial charge in [0, 0.05) is 12.1 Å². The molecule has 3 aromatic carbocycles. The van der Waals surface area contributed by atoms with E-state index in [4.69, 9.17) is 0 Å². The summed E-state index contributed by atoms with van der Waals surface area (Å²) in [6, 6.07) is 22.0. The monoisotopic (exact) mass is 538 g/mol. The maximum absolute atomic E-state index is 12.5. The Morgan fingerprint density at radius 3 is 2.16 bits per heavy atom. The molecule has 0 aliphatic heterocycles. The highest BCUT2D eigenvalue weighted by Crippen LogP contribution is 2.25. The normalized spacial score (nSPS) is 12.2. The number of amides is 2. The smallest absolute Gasteiger partial charge is 0.407 e. The van der Waals surface area contributed by atoms with Gasteiger partial charge in [-0.05, 0) is 52.6 Å². The number of aliphatic hydroxyl groups excluding tert-OH is 1. The molecule has 0 spiro atoms. The van der Waals surface area contributed by atoms with Crippen molar-refractivity contribution < 1.29 is 28.2 Å². The lowest BCUT2D eigenvalue weighted by Crippen LogP contribution is -2.35. The number of hydrogen-bond acceptors (Lipinski definition) is 5. The summed E-state index contributed by atoms with van der Waals surface area (Å²) in [6.07, 6.45) is 0.0473. The first-order chi connectivity index (χ1) is 17.9. The Morgan fingerprint density at radius 1 is 0.947 bits per heavy atom. The molecule has 0 unspecified atom stereocenters. The molecule has 0 aliphatic rings. The van der Waals surface area contributed by atoms with Crippen molar-refractivity contribution in [3.63, 3.8) is 0 Å². The fraction of sp³-hybridized carbons (Fsp3) is 0.310. The number of nitrogens with one attached hydrogen (secondary N) is 1. The average Bonchev–Trinajstić information content (AvgIpc) is 2.85. The molecule has 3 N–H and O–H groups in total. The molecule has 1 atom stereocenters. The van der Waals surface area contributed by atoms with E-state index in [1.807, 2.05) is 55.0 Å². The molecule has 3 aromatic rings. The number of rotatable bonds is 11. The third kappa shape index (κ3) is 8.43. The molecule has 3 rings (SSSR count). The standard InChI is InChI=1S/C29H34N2O6S/c1-20(2)17-25-18-24(13-14-26(25)28(33)30-38(3,36)37)22-11-9-21(10-12-22)15-16-31(29(34)35)19-27(32)23-7-5-4-6-8-23/h4-14,18,20,27,32H,15-17,19H2,1-3H3,(H,30,33)(H,34,35)/t27-/m1/s1. The Labute approximate surface area is 224 Å². The highest BCUT2D eigenvalue weighted by Gasteiger charge is 2.19. The van der Waals surface area contributed by atoms with E-state index in [9.17, 15) is 28.2 Å². The summed E-state index contributed by atoms with van der Waals surface area (Å²) in [4.78, 5) is 25.5. The summed E-state index contributed by atoms with van der Waals surface area (Å²) in [6.45, 7) is 4.27. The highest BCUT2D eigenvalue weighted by atomic mass is 32.2. The zero-order chi connectivity index (χ0) is 27.9. The Hall–Kier alpha value is -3.69. The van der Waals surface area contributed by atoms with Crippen LogP contribution in [0.1, 0.15) is 47.0 Å². The lowest BCUT2D eigenvalue weighted by Gasteiger charge is -2.22. The second-order valence-corrected chi connectivity index (χ2v) is 11.5. The molecule has 2 amide bonds. The summed E-state index contributed by atoms with van der Waals surface area (Å²) >= 11 is 0. The van der Waals surface area contributed by atoms with Gasteiger partial charge < -0.3 is 15.1 Å². The molecular weight excluding hydrogens is 504 g/mol. The van der Waals surface area contributed by atoms with Gasteiger partial charge in [0.25, 0.3) is 5.91 Å². The number of carbonyl (C=O) groups excluding carboxylic acids is 1. The number of carbonyl (C=O) groups is 2. The van der Waals surface area contributed by atoms with E-state index in [-0.39, 0.29) is 19.0 Å². The fourth-order valence-electron chi connectivity index (χ4n) is 4.21. The third-order valence-electron chi connectivity index (χ3n) is 6.06. The van der Waals surface area contributed by atoms with E-state index in [2.05, 4.69) is 0 Å². The van der Waals surface area contributed by atoms with Gasteiger partial charge in [0.05, 0.1) is 18.9 Å². The summed E-state index contributed by atoms with van der Waals surface area (Å²) in [5.74, 6) is -0.389. The Kier molecular flexibility index (Phi) is 9.66. The molecule has 0 fully saturated rings. The minimum atomic E-state index is -3.68. The topological polar surface area (TPSA) is 124 Å². The van der Waals surface area contributed by atoms with E-state index in [0.717, 1.165) is 28.5 Å². The van der Waals surface area contributed by atoms with E-state index in [1.54, 1.807) is 36.4 Å². The zero-order valence-electron chi connectivity index (χ0n) is 21.8. The molecule has 8 nitrogen and oxygen atoms in total. The summed E-state index contributed by atoms with van der Waals surface area (Å²) in [7, 11) is -3.68. The maximum Gasteiger partial charge on any atom is 0.407 e. The van der Waals surface area contributed by atoms with Gasteiger partial charge in [-0.1, -0.05) is 80.6 Å². The molecule has 0 saturated carbocycles. The van der Waals surface area contributed by atoms with Gasteiger partial charge in [-0.3, -0.25) is 4.79 Å². The second kappa shape index (κ2) is 12.7. The second-order valence-electron chi connectivity index (χ2n) is 9.78. The lowest BCUT2D eigenvalue weighted by atomic mass is 9.93. The van der Waals surface area contributed by atoms with Crippen molar-refractivity contribution in [1.29, 1.82) is 0 Å². The van der Waals surface area contributed by atoms with Crippen LogP contribution in [-0.4, -0.2) is 54.9 Å². The Bertz CT molecular complexity index is 1360. The molecule has 0 bridgehead atoms. The van der Waals surface area contributed by atoms with Crippen LogP contribution in [0.3, 0.4) is 0 Å². The number of carboxylic acid groups (broad SMARTS) is 1. The Morgan fingerprint density at radius 2 is 1.58 bits per heavy atom. The van der Waals surface area contributed by atoms with Gasteiger partial charge in [0.1, 0.15) is 0 Å². The fourth-order valence-corrected chi connectivity index (χ4v) is 4.66. The first-order valence-corrected chi connectivity index (χ1v) is 14.3. The number of benzene rings is 3. The van der Waals surface area contributed by atoms with Crippen LogP contribution in [0.5, 0.6) is 0 Å². The van der Waals surface area contributed by atoms with Crippen molar-refractivity contribution in [2.75, 3.05) is 19.3 Å². The molecular formula is C29H34N2O6S. The third-order valence-corrected chi connectivity index (χ3v) is 6.62. The summed E-state index contributed by atoms with van der Waals surface area (Å²) in [5, 5.41) is 20.0. The molecule has 0 heterocycles. The van der Waals surface area contributed by atoms with E-state index in [0.29, 0.717) is 24.0 Å². The predicted molar refractivity (Wildman–Crippen MR) is 147 cm³/mol. The minimum absolute atomic E-state index is 0.0185. The van der Waals surface area contributed by atoms with Gasteiger partial charge in [-0.25, -0.2) is 17.9 Å². The van der Waals surface area contributed by atoms with Crippen LogP contribution in [0.25, 0.3) is 11.1 Å². The first-order valence-electron chi connectivity index (χ1n) is 12.4. The van der Waals surface area contributed by atoms with Gasteiger partial charge >= 0.3 is 6.09 Å². The summed E-state index contributed by atoms with van der Waals surface area (Å²) in [5.41, 5.74) is 4.51. The van der Waals surface area contributed by atoms with Crippen molar-refractivity contribution >= 4 is 22.0 Å². The SMILES string of the molecule is CC(C)Cc1cc(-c2ccc(CCN(C[C@@H](O)c3ccccc3)C(=O)O)cc2)ccc1C(=O)NS(C)(=O)=O. The predicted octanol–water partition coefficient (Wildman–Crippen LogP) is 4.50. The average molecular weight is 539 g/mol. The van der Waals surface area contributed by atoms with Gasteiger partial charge in [-0.15, -0.1) is 0 Å². The van der Waals surface area contributed by atoms with Crippen LogP contribution < -0.4 is 4.72 Å². The highest BCUT2D eigenvalue weighted by molar-refractivity contribution is 7.89. The van der Waals surface area contributed by atoms with Gasteiger partial charge in [0.15, 0.2) is 0 Å². The van der Waals surface area contributed by atoms with Crippen LogP contribution in [-0.2, 0) is 22.9 Å². The number of nitrogens with zero attached hydrogens (tertiary/aromatic N) is 1. The molecule has 9 heteroatoms. The van der Waals surface area contributed by atoms with E-state index < -0.39 is 28.1 Å². The van der Waals surface area contributed by atoms with E-state index in [1.165, 1.54) is 4.90 Å². The molecule has 202 valence electrons. The number of hydrogen-bond donors (Lipinski definition) is 3. The van der Waals surface area contributed by atoms with Crippen LogP contribution >= 0.6 is 0 Å². The molecule has 0 radical (unpaired) electrons. The van der Waals surface area contributed by atoms with E-state index >= 15 is 0 Å². The van der Waals surface area contributed by atoms with Crippen LogP contribution in [0.2, 0.25) is 0 Å². The molecule has 38 heavy (non-hydrogen) atoms. The van der Waals surface area contributed by atoms with Crippen molar-refractivity contribution in [3.05, 3.63) is 95.1 Å². The van der Waals surface area contributed by atoms with Crippen molar-refractivity contribution in [2.45, 2.75) is 32.8 Å². The van der Waals surface area contributed by atoms with Crippen molar-refractivity contribution in [3.8, 4) is 11.1 Å². The quantitative estimate of drug-likeness (QED) is 0.330.